The Labute approximate surface area is 149 Å². The van der Waals surface area contributed by atoms with E-state index in [0.29, 0.717) is 14.5 Å². The van der Waals surface area contributed by atoms with Crippen LogP contribution >= 0.6 is 47.8 Å². The van der Waals surface area contributed by atoms with E-state index in [9.17, 15) is 25.1 Å². The van der Waals surface area contributed by atoms with Crippen molar-refractivity contribution < 1.29 is 19.9 Å². The molecule has 114 valence electrons. The first-order valence-electron chi connectivity index (χ1n) is 5.62. The van der Waals surface area contributed by atoms with E-state index < -0.39 is 10.9 Å². The maximum absolute atomic E-state index is 11.4. The first-order valence-corrected chi connectivity index (χ1v) is 8.00. The number of non-ortho nitro benzene ring substituents is 1. The predicted octanol–water partition coefficient (Wildman–Crippen LogP) is 4.95. The van der Waals surface area contributed by atoms with Crippen LogP contribution in [0.3, 0.4) is 0 Å². The Morgan fingerprint density at radius 3 is 2.32 bits per heavy atom. The maximum atomic E-state index is 11.4. The van der Waals surface area contributed by atoms with Gasteiger partial charge in [-0.1, -0.05) is 15.9 Å². The number of nitro groups is 1. The molecular formula is C13H6Br3NO5. The van der Waals surface area contributed by atoms with Gasteiger partial charge in [0.05, 0.1) is 19.4 Å². The van der Waals surface area contributed by atoms with Gasteiger partial charge in [-0.15, -0.1) is 0 Å². The first-order chi connectivity index (χ1) is 10.2. The molecule has 2 rings (SSSR count). The number of hydrogen-bond donors (Lipinski definition) is 2. The van der Waals surface area contributed by atoms with Crippen LogP contribution < -0.4 is 0 Å². The van der Waals surface area contributed by atoms with Crippen LogP contribution in [0.2, 0.25) is 0 Å². The zero-order chi connectivity index (χ0) is 16.6. The highest BCUT2D eigenvalue weighted by Gasteiger charge is 2.22. The van der Waals surface area contributed by atoms with Crippen molar-refractivity contribution >= 4 is 59.4 Å². The number of hydrogen-bond acceptors (Lipinski definition) is 4. The summed E-state index contributed by atoms with van der Waals surface area (Å²) in [7, 11) is 0. The summed E-state index contributed by atoms with van der Waals surface area (Å²) in [6.07, 6.45) is 0. The van der Waals surface area contributed by atoms with Crippen molar-refractivity contribution in [3.05, 3.63) is 53.4 Å². The summed E-state index contributed by atoms with van der Waals surface area (Å²) < 4.78 is 1.07. The molecule has 2 aromatic carbocycles. The van der Waals surface area contributed by atoms with Crippen LogP contribution in [0.4, 0.5) is 5.69 Å². The van der Waals surface area contributed by atoms with Crippen LogP contribution in [0.25, 0.3) is 11.1 Å². The van der Waals surface area contributed by atoms with Crippen molar-refractivity contribution in [3.8, 4) is 16.9 Å². The van der Waals surface area contributed by atoms with Gasteiger partial charge in [-0.3, -0.25) is 10.1 Å². The number of aromatic hydroxyl groups is 1. The molecule has 9 heteroatoms. The average Bonchev–Trinajstić information content (AvgIpc) is 2.44. The van der Waals surface area contributed by atoms with Crippen molar-refractivity contribution in [2.75, 3.05) is 0 Å². The molecule has 0 radical (unpaired) electrons. The van der Waals surface area contributed by atoms with E-state index in [-0.39, 0.29) is 27.0 Å². The van der Waals surface area contributed by atoms with E-state index >= 15 is 0 Å². The minimum Gasteiger partial charge on any atom is -0.506 e. The van der Waals surface area contributed by atoms with E-state index in [0.717, 1.165) is 18.2 Å². The third kappa shape index (κ3) is 3.01. The molecule has 0 aliphatic rings. The summed E-state index contributed by atoms with van der Waals surface area (Å²) in [6, 6.07) is 4.96. The lowest BCUT2D eigenvalue weighted by Gasteiger charge is -2.13. The molecule has 0 saturated heterocycles. The smallest absolute Gasteiger partial charge is 0.336 e. The van der Waals surface area contributed by atoms with Crippen LogP contribution in [0.15, 0.2) is 37.7 Å². The van der Waals surface area contributed by atoms with E-state index in [1.54, 1.807) is 0 Å². The number of carbonyl (C=O) groups is 1. The van der Waals surface area contributed by atoms with Crippen LogP contribution in [0, 0.1) is 10.1 Å². The van der Waals surface area contributed by atoms with Gasteiger partial charge < -0.3 is 10.2 Å². The average molecular weight is 496 g/mol. The molecule has 22 heavy (non-hydrogen) atoms. The normalized spacial score (nSPS) is 10.5. The SMILES string of the molecule is O=C(O)c1ccc([N+](=O)[O-])cc1-c1c(Br)cc(Br)c(O)c1Br. The van der Waals surface area contributed by atoms with Crippen LogP contribution in [-0.2, 0) is 0 Å². The third-order valence-electron chi connectivity index (χ3n) is 2.86. The molecular weight excluding hydrogens is 490 g/mol. The molecule has 0 unspecified atom stereocenters. The van der Waals surface area contributed by atoms with Crippen LogP contribution in [-0.4, -0.2) is 21.1 Å². The van der Waals surface area contributed by atoms with Crippen molar-refractivity contribution in [1.82, 2.24) is 0 Å². The molecule has 0 heterocycles. The summed E-state index contributed by atoms with van der Waals surface area (Å²) in [5.41, 5.74) is 0.0555. The van der Waals surface area contributed by atoms with Crippen molar-refractivity contribution in [2.45, 2.75) is 0 Å². The Hall–Kier alpha value is -1.45. The van der Waals surface area contributed by atoms with Crippen molar-refractivity contribution in [2.24, 2.45) is 0 Å². The van der Waals surface area contributed by atoms with Gasteiger partial charge in [0, 0.05) is 27.7 Å². The van der Waals surface area contributed by atoms with Gasteiger partial charge in [0.25, 0.3) is 5.69 Å². The van der Waals surface area contributed by atoms with E-state index in [1.807, 2.05) is 0 Å². The number of benzene rings is 2. The summed E-state index contributed by atoms with van der Waals surface area (Å²) in [6.45, 7) is 0. The van der Waals surface area contributed by atoms with Crippen molar-refractivity contribution in [1.29, 1.82) is 0 Å². The number of phenols is 1. The number of aromatic carboxylic acids is 1. The zero-order valence-corrected chi connectivity index (χ0v) is 15.3. The fourth-order valence-corrected chi connectivity index (χ4v) is 4.41. The second kappa shape index (κ2) is 6.35. The van der Waals surface area contributed by atoms with E-state index in [4.69, 9.17) is 0 Å². The lowest BCUT2D eigenvalue weighted by atomic mass is 9.98. The number of nitrogens with zero attached hydrogens (tertiary/aromatic N) is 1. The van der Waals surface area contributed by atoms with E-state index in [1.165, 1.54) is 6.07 Å². The largest absolute Gasteiger partial charge is 0.506 e. The lowest BCUT2D eigenvalue weighted by Crippen LogP contribution is -2.02. The summed E-state index contributed by atoms with van der Waals surface area (Å²) >= 11 is 9.62. The Morgan fingerprint density at radius 2 is 1.77 bits per heavy atom. The summed E-state index contributed by atoms with van der Waals surface area (Å²) in [5, 5.41) is 30.2. The minimum atomic E-state index is -1.23. The highest BCUT2D eigenvalue weighted by atomic mass is 79.9. The standard InChI is InChI=1S/C13H6Br3NO5/c14-8-4-9(15)12(18)11(16)10(8)7-3-5(17(21)22)1-2-6(7)13(19)20/h1-4,18H,(H,19,20). The molecule has 0 saturated carbocycles. The molecule has 6 nitrogen and oxygen atoms in total. The van der Waals surface area contributed by atoms with Gasteiger partial charge in [0.15, 0.2) is 0 Å². The quantitative estimate of drug-likeness (QED) is 0.463. The molecule has 0 atom stereocenters. The number of nitro benzene ring substituents is 1. The van der Waals surface area contributed by atoms with Gasteiger partial charge in [0.2, 0.25) is 0 Å². The van der Waals surface area contributed by atoms with Gasteiger partial charge >= 0.3 is 5.97 Å². The molecule has 2 N–H and O–H groups in total. The molecule has 0 fully saturated rings. The minimum absolute atomic E-state index is 0.114. The lowest BCUT2D eigenvalue weighted by molar-refractivity contribution is -0.384. The zero-order valence-electron chi connectivity index (χ0n) is 10.5. The molecule has 0 aliphatic heterocycles. The van der Waals surface area contributed by atoms with Crippen molar-refractivity contribution in [3.63, 3.8) is 0 Å². The maximum Gasteiger partial charge on any atom is 0.336 e. The second-order valence-electron chi connectivity index (χ2n) is 4.17. The van der Waals surface area contributed by atoms with Gasteiger partial charge in [-0.05, 0) is 44.0 Å². The van der Waals surface area contributed by atoms with Gasteiger partial charge in [0.1, 0.15) is 5.75 Å². The molecule has 2 aromatic rings. The monoisotopic (exact) mass is 493 g/mol. The summed E-state index contributed by atoms with van der Waals surface area (Å²) in [5.74, 6) is -1.37. The van der Waals surface area contributed by atoms with E-state index in [2.05, 4.69) is 47.8 Å². The predicted molar refractivity (Wildman–Crippen MR) is 90.3 cm³/mol. The molecule has 0 amide bonds. The van der Waals surface area contributed by atoms with Gasteiger partial charge in [-0.2, -0.15) is 0 Å². The first kappa shape index (κ1) is 16.9. The fourth-order valence-electron chi connectivity index (χ4n) is 1.87. The molecule has 0 bridgehead atoms. The number of carboxylic acids is 1. The Morgan fingerprint density at radius 1 is 1.14 bits per heavy atom. The Balaban J connectivity index is 2.87. The van der Waals surface area contributed by atoms with Crippen LogP contribution in [0.5, 0.6) is 5.75 Å². The third-order valence-corrected chi connectivity index (χ3v) is 4.86. The van der Waals surface area contributed by atoms with Crippen LogP contribution in [0.1, 0.15) is 10.4 Å². The molecule has 0 aromatic heterocycles. The number of halogens is 3. The highest BCUT2D eigenvalue weighted by molar-refractivity contribution is 9.11. The highest BCUT2D eigenvalue weighted by Crippen LogP contribution is 2.46. The number of phenolic OH excluding ortho intramolecular Hbond substituents is 1. The number of rotatable bonds is 3. The Kier molecular flexibility index (Phi) is 4.88. The summed E-state index contributed by atoms with van der Waals surface area (Å²) in [4.78, 5) is 21.7. The topological polar surface area (TPSA) is 101 Å². The van der Waals surface area contributed by atoms with Gasteiger partial charge in [-0.25, -0.2) is 4.79 Å². The fraction of sp³-hybridized carbons (Fsp3) is 0. The Bertz CT molecular complexity index is 807. The second-order valence-corrected chi connectivity index (χ2v) is 6.67. The number of carboxylic acid groups (broad SMARTS) is 1. The molecule has 0 aliphatic carbocycles. The molecule has 0 spiro atoms.